The van der Waals surface area contributed by atoms with Crippen LogP contribution < -0.4 is 10.2 Å². The molecule has 0 aliphatic carbocycles. The van der Waals surface area contributed by atoms with Crippen LogP contribution in [0.15, 0.2) is 23.1 Å². The summed E-state index contributed by atoms with van der Waals surface area (Å²) >= 11 is 1.62. The number of amides is 1. The quantitative estimate of drug-likeness (QED) is 0.822. The zero-order valence-corrected chi connectivity index (χ0v) is 9.73. The predicted molar refractivity (Wildman–Crippen MR) is 63.3 cm³/mol. The molecule has 1 aliphatic rings. The highest BCUT2D eigenvalue weighted by molar-refractivity contribution is 8.00. The Hall–Kier alpha value is -1.00. The number of rotatable bonds is 2. The van der Waals surface area contributed by atoms with Crippen LogP contribution in [0, 0.1) is 0 Å². The summed E-state index contributed by atoms with van der Waals surface area (Å²) in [6.45, 7) is 0.867. The van der Waals surface area contributed by atoms with Gasteiger partial charge in [0.25, 0.3) is 0 Å². The second kappa shape index (κ2) is 4.24. The Balaban J connectivity index is 2.34. The van der Waals surface area contributed by atoms with Gasteiger partial charge in [-0.3, -0.25) is 4.79 Å². The highest BCUT2D eigenvalue weighted by Crippen LogP contribution is 2.34. The highest BCUT2D eigenvalue weighted by Gasteiger charge is 2.21. The smallest absolute Gasteiger partial charge is 0.237 e. The van der Waals surface area contributed by atoms with Gasteiger partial charge in [-0.25, -0.2) is 0 Å². The predicted octanol–water partition coefficient (Wildman–Crippen LogP) is 1.47. The minimum atomic E-state index is 0.175. The molecule has 1 aromatic carbocycles. The molecule has 0 spiro atoms. The first-order chi connectivity index (χ1) is 7.22. The molecule has 1 aromatic rings. The minimum Gasteiger partial charge on any atom is -0.316 e. The van der Waals surface area contributed by atoms with Crippen LogP contribution in [0.25, 0.3) is 0 Å². The van der Waals surface area contributed by atoms with E-state index in [2.05, 4.69) is 17.4 Å². The molecule has 2 rings (SSSR count). The SMILES string of the molecule is CNCc1ccc2c(c1)SCC(=O)N2C. The van der Waals surface area contributed by atoms with Gasteiger partial charge in [-0.05, 0) is 24.7 Å². The summed E-state index contributed by atoms with van der Waals surface area (Å²) < 4.78 is 0. The standard InChI is InChI=1S/C11H14N2OS/c1-12-6-8-3-4-9-10(5-8)15-7-11(14)13(9)2/h3-5,12H,6-7H2,1-2H3. The molecule has 4 heteroatoms. The molecule has 1 amide bonds. The Bertz CT molecular complexity index is 392. The topological polar surface area (TPSA) is 32.3 Å². The highest BCUT2D eigenvalue weighted by atomic mass is 32.2. The molecule has 1 N–H and O–H groups in total. The molecular formula is C11H14N2OS. The number of carbonyl (C=O) groups is 1. The number of carbonyl (C=O) groups excluding carboxylic acids is 1. The second-order valence-electron chi connectivity index (χ2n) is 3.57. The van der Waals surface area contributed by atoms with Crippen LogP contribution in [-0.4, -0.2) is 25.8 Å². The molecular weight excluding hydrogens is 208 g/mol. The van der Waals surface area contributed by atoms with E-state index in [1.807, 2.05) is 20.2 Å². The van der Waals surface area contributed by atoms with E-state index in [0.29, 0.717) is 5.75 Å². The fraction of sp³-hybridized carbons (Fsp3) is 0.364. The third kappa shape index (κ3) is 2.01. The van der Waals surface area contributed by atoms with E-state index >= 15 is 0 Å². The Morgan fingerprint density at radius 3 is 3.07 bits per heavy atom. The average molecular weight is 222 g/mol. The molecule has 0 saturated heterocycles. The normalized spacial score (nSPS) is 15.3. The molecule has 1 aliphatic heterocycles. The van der Waals surface area contributed by atoms with Crippen molar-refractivity contribution in [2.75, 3.05) is 24.7 Å². The summed E-state index contributed by atoms with van der Waals surface area (Å²) in [6, 6.07) is 6.23. The summed E-state index contributed by atoms with van der Waals surface area (Å²) in [5.41, 5.74) is 2.28. The van der Waals surface area contributed by atoms with Gasteiger partial charge in [0.05, 0.1) is 11.4 Å². The molecule has 0 radical (unpaired) electrons. The van der Waals surface area contributed by atoms with Gasteiger partial charge in [-0.2, -0.15) is 0 Å². The van der Waals surface area contributed by atoms with Crippen LogP contribution in [0.1, 0.15) is 5.56 Å². The van der Waals surface area contributed by atoms with Crippen molar-refractivity contribution < 1.29 is 4.79 Å². The van der Waals surface area contributed by atoms with Crippen LogP contribution in [-0.2, 0) is 11.3 Å². The van der Waals surface area contributed by atoms with Gasteiger partial charge in [0, 0.05) is 18.5 Å². The molecule has 0 bridgehead atoms. The third-order valence-corrected chi connectivity index (χ3v) is 3.52. The first-order valence-electron chi connectivity index (χ1n) is 4.89. The van der Waals surface area contributed by atoms with Crippen LogP contribution >= 0.6 is 11.8 Å². The number of thioether (sulfide) groups is 1. The van der Waals surface area contributed by atoms with Crippen molar-refractivity contribution in [3.8, 4) is 0 Å². The summed E-state index contributed by atoms with van der Waals surface area (Å²) in [5.74, 6) is 0.723. The summed E-state index contributed by atoms with van der Waals surface area (Å²) in [5, 5.41) is 3.12. The van der Waals surface area contributed by atoms with Gasteiger partial charge in [0.2, 0.25) is 5.91 Å². The zero-order valence-electron chi connectivity index (χ0n) is 8.91. The minimum absolute atomic E-state index is 0.175. The Morgan fingerprint density at radius 2 is 2.33 bits per heavy atom. The Labute approximate surface area is 93.8 Å². The maximum absolute atomic E-state index is 11.5. The summed E-state index contributed by atoms with van der Waals surface area (Å²) in [4.78, 5) is 14.4. The molecule has 0 atom stereocenters. The Kier molecular flexibility index (Phi) is 2.98. The largest absolute Gasteiger partial charge is 0.316 e. The maximum Gasteiger partial charge on any atom is 0.237 e. The number of hydrogen-bond acceptors (Lipinski definition) is 3. The number of nitrogens with one attached hydrogen (secondary N) is 1. The van der Waals surface area contributed by atoms with Crippen molar-refractivity contribution in [1.29, 1.82) is 0 Å². The van der Waals surface area contributed by atoms with Crippen molar-refractivity contribution in [2.24, 2.45) is 0 Å². The molecule has 0 fully saturated rings. The average Bonchev–Trinajstić information content (AvgIpc) is 2.24. The lowest BCUT2D eigenvalue weighted by atomic mass is 10.2. The lowest BCUT2D eigenvalue weighted by Gasteiger charge is -2.25. The van der Waals surface area contributed by atoms with E-state index in [1.165, 1.54) is 10.5 Å². The summed E-state index contributed by atoms with van der Waals surface area (Å²) in [6.07, 6.45) is 0. The van der Waals surface area contributed by atoms with Gasteiger partial charge in [-0.1, -0.05) is 6.07 Å². The molecule has 0 unspecified atom stereocenters. The molecule has 15 heavy (non-hydrogen) atoms. The van der Waals surface area contributed by atoms with Crippen molar-refractivity contribution in [3.05, 3.63) is 23.8 Å². The molecule has 80 valence electrons. The maximum atomic E-state index is 11.5. The fourth-order valence-corrected chi connectivity index (χ4v) is 2.70. The second-order valence-corrected chi connectivity index (χ2v) is 4.59. The van der Waals surface area contributed by atoms with Gasteiger partial charge in [-0.15, -0.1) is 11.8 Å². The lowest BCUT2D eigenvalue weighted by molar-refractivity contribution is -0.116. The Morgan fingerprint density at radius 1 is 1.53 bits per heavy atom. The molecule has 0 saturated carbocycles. The molecule has 1 heterocycles. The van der Waals surface area contributed by atoms with Crippen molar-refractivity contribution in [3.63, 3.8) is 0 Å². The van der Waals surface area contributed by atoms with Crippen molar-refractivity contribution in [1.82, 2.24) is 5.32 Å². The number of benzene rings is 1. The van der Waals surface area contributed by atoms with Crippen LogP contribution in [0.5, 0.6) is 0 Å². The first kappa shape index (κ1) is 10.5. The van der Waals surface area contributed by atoms with Crippen molar-refractivity contribution in [2.45, 2.75) is 11.4 Å². The van der Waals surface area contributed by atoms with Gasteiger partial charge < -0.3 is 10.2 Å². The van der Waals surface area contributed by atoms with E-state index in [9.17, 15) is 4.79 Å². The molecule has 0 aromatic heterocycles. The fourth-order valence-electron chi connectivity index (χ4n) is 1.64. The van der Waals surface area contributed by atoms with Gasteiger partial charge >= 0.3 is 0 Å². The number of anilines is 1. The van der Waals surface area contributed by atoms with E-state index in [0.717, 1.165) is 12.2 Å². The van der Waals surface area contributed by atoms with E-state index in [1.54, 1.807) is 16.7 Å². The van der Waals surface area contributed by atoms with Crippen LogP contribution in [0.2, 0.25) is 0 Å². The molecule has 3 nitrogen and oxygen atoms in total. The number of hydrogen-bond donors (Lipinski definition) is 1. The van der Waals surface area contributed by atoms with Crippen LogP contribution in [0.3, 0.4) is 0 Å². The van der Waals surface area contributed by atoms with Crippen molar-refractivity contribution >= 4 is 23.4 Å². The van der Waals surface area contributed by atoms with Crippen LogP contribution in [0.4, 0.5) is 5.69 Å². The third-order valence-electron chi connectivity index (χ3n) is 2.49. The van der Waals surface area contributed by atoms with E-state index in [4.69, 9.17) is 0 Å². The lowest BCUT2D eigenvalue weighted by Crippen LogP contribution is -2.31. The van der Waals surface area contributed by atoms with E-state index < -0.39 is 0 Å². The number of fused-ring (bicyclic) bond motifs is 1. The van der Waals surface area contributed by atoms with E-state index in [-0.39, 0.29) is 5.91 Å². The first-order valence-corrected chi connectivity index (χ1v) is 5.88. The van der Waals surface area contributed by atoms with Gasteiger partial charge in [0.1, 0.15) is 0 Å². The number of nitrogens with zero attached hydrogens (tertiary/aromatic N) is 1. The summed E-state index contributed by atoms with van der Waals surface area (Å²) in [7, 11) is 3.76. The van der Waals surface area contributed by atoms with Gasteiger partial charge in [0.15, 0.2) is 0 Å². The monoisotopic (exact) mass is 222 g/mol. The zero-order chi connectivity index (χ0) is 10.8.